The molecule has 3 N–H and O–H groups in total. The number of rotatable bonds is 5. The first kappa shape index (κ1) is 14.3. The van der Waals surface area contributed by atoms with Crippen LogP contribution in [0, 0.1) is 17.6 Å². The Labute approximate surface area is 122 Å². The summed E-state index contributed by atoms with van der Waals surface area (Å²) in [6.45, 7) is 1.20. The molecular weight excluding hydrogens is 276 g/mol. The number of nitrogens with two attached hydrogens (primary N) is 1. The molecule has 21 heavy (non-hydrogen) atoms. The Morgan fingerprint density at radius 3 is 2.48 bits per heavy atom. The number of carbonyl (C=O) groups excluding carboxylic acids is 1. The van der Waals surface area contributed by atoms with Crippen LogP contribution in [-0.4, -0.2) is 25.0 Å². The molecule has 1 aromatic carbocycles. The Morgan fingerprint density at radius 2 is 1.95 bits per heavy atom. The van der Waals surface area contributed by atoms with Gasteiger partial charge in [-0.1, -0.05) is 0 Å². The molecule has 0 radical (unpaired) electrons. The summed E-state index contributed by atoms with van der Waals surface area (Å²) in [4.78, 5) is 12.7. The topological polar surface area (TPSA) is 58.4 Å². The molecule has 1 aliphatic carbocycles. The molecule has 0 spiro atoms. The number of nitrogens with zero attached hydrogens (tertiary/aromatic N) is 1. The van der Waals surface area contributed by atoms with Crippen molar-refractivity contribution in [3.8, 4) is 0 Å². The first-order chi connectivity index (χ1) is 10.0. The van der Waals surface area contributed by atoms with E-state index in [-0.39, 0.29) is 18.2 Å². The van der Waals surface area contributed by atoms with Gasteiger partial charge in [0.25, 0.3) is 0 Å². The molecular formula is C15H19F2N3O. The highest BCUT2D eigenvalue weighted by Crippen LogP contribution is 2.30. The number of anilines is 1. The fourth-order valence-corrected chi connectivity index (χ4v) is 2.77. The van der Waals surface area contributed by atoms with E-state index in [0.29, 0.717) is 31.1 Å². The third-order valence-corrected chi connectivity index (χ3v) is 4.16. The maximum atomic E-state index is 14.2. The molecule has 1 atom stereocenters. The van der Waals surface area contributed by atoms with E-state index in [1.54, 1.807) is 4.90 Å². The number of hydrogen-bond acceptors (Lipinski definition) is 3. The van der Waals surface area contributed by atoms with Gasteiger partial charge in [-0.15, -0.1) is 0 Å². The van der Waals surface area contributed by atoms with Crippen molar-refractivity contribution in [1.82, 2.24) is 5.32 Å². The molecule has 1 aromatic rings. The summed E-state index contributed by atoms with van der Waals surface area (Å²) in [5.41, 5.74) is 5.81. The summed E-state index contributed by atoms with van der Waals surface area (Å²) in [6, 6.07) is 3.22. The first-order valence-electron chi connectivity index (χ1n) is 7.30. The minimum atomic E-state index is -0.576. The van der Waals surface area contributed by atoms with Gasteiger partial charge in [-0.25, -0.2) is 8.78 Å². The summed E-state index contributed by atoms with van der Waals surface area (Å²) in [7, 11) is 0. The minimum absolute atomic E-state index is 0.0473. The van der Waals surface area contributed by atoms with Crippen LogP contribution in [0.15, 0.2) is 12.1 Å². The SMILES string of the molecule is NC(=O)C1CCN(c2c(F)cc(CNC3CC3)cc2F)C1. The number of benzene rings is 1. The standard InChI is InChI=1S/C15H19F2N3O/c16-12-5-9(7-19-11-1-2-11)6-13(17)14(12)20-4-3-10(8-20)15(18)21/h5-6,10-11,19H,1-4,7-8H2,(H2,18,21). The Morgan fingerprint density at radius 1 is 1.29 bits per heavy atom. The molecule has 6 heteroatoms. The highest BCUT2D eigenvalue weighted by atomic mass is 19.1. The van der Waals surface area contributed by atoms with Crippen molar-refractivity contribution in [2.45, 2.75) is 31.8 Å². The van der Waals surface area contributed by atoms with Gasteiger partial charge in [0, 0.05) is 25.7 Å². The highest BCUT2D eigenvalue weighted by molar-refractivity contribution is 5.78. The molecule has 4 nitrogen and oxygen atoms in total. The zero-order valence-corrected chi connectivity index (χ0v) is 11.7. The number of primary amides is 1. The largest absolute Gasteiger partial charge is 0.369 e. The second-order valence-electron chi connectivity index (χ2n) is 5.90. The van der Waals surface area contributed by atoms with Crippen molar-refractivity contribution < 1.29 is 13.6 Å². The van der Waals surface area contributed by atoms with Crippen LogP contribution in [0.4, 0.5) is 14.5 Å². The fraction of sp³-hybridized carbons (Fsp3) is 0.533. The van der Waals surface area contributed by atoms with E-state index in [1.807, 2.05) is 0 Å². The number of amides is 1. The Hall–Kier alpha value is -1.69. The monoisotopic (exact) mass is 295 g/mol. The van der Waals surface area contributed by atoms with Crippen LogP contribution in [-0.2, 0) is 11.3 Å². The van der Waals surface area contributed by atoms with Crippen molar-refractivity contribution in [2.75, 3.05) is 18.0 Å². The molecule has 1 unspecified atom stereocenters. The summed E-state index contributed by atoms with van der Waals surface area (Å²) in [5, 5.41) is 3.23. The van der Waals surface area contributed by atoms with Gasteiger partial charge < -0.3 is 16.0 Å². The van der Waals surface area contributed by atoms with Crippen LogP contribution >= 0.6 is 0 Å². The lowest BCUT2D eigenvalue weighted by Crippen LogP contribution is -2.28. The lowest BCUT2D eigenvalue weighted by molar-refractivity contribution is -0.121. The van der Waals surface area contributed by atoms with Gasteiger partial charge >= 0.3 is 0 Å². The zero-order valence-electron chi connectivity index (χ0n) is 11.7. The molecule has 0 aromatic heterocycles. The second-order valence-corrected chi connectivity index (χ2v) is 5.90. The van der Waals surface area contributed by atoms with E-state index in [1.165, 1.54) is 12.1 Å². The van der Waals surface area contributed by atoms with Crippen molar-refractivity contribution in [3.05, 3.63) is 29.3 Å². The van der Waals surface area contributed by atoms with Crippen LogP contribution in [0.5, 0.6) is 0 Å². The molecule has 1 amide bonds. The van der Waals surface area contributed by atoms with Crippen LogP contribution < -0.4 is 16.0 Å². The average molecular weight is 295 g/mol. The number of nitrogens with one attached hydrogen (secondary N) is 1. The smallest absolute Gasteiger partial charge is 0.222 e. The van der Waals surface area contributed by atoms with Crippen molar-refractivity contribution >= 4 is 11.6 Å². The fourth-order valence-electron chi connectivity index (χ4n) is 2.77. The van der Waals surface area contributed by atoms with E-state index in [9.17, 15) is 13.6 Å². The van der Waals surface area contributed by atoms with Crippen molar-refractivity contribution in [1.29, 1.82) is 0 Å². The van der Waals surface area contributed by atoms with Gasteiger partial charge in [0.15, 0.2) is 0 Å². The average Bonchev–Trinajstić information content (AvgIpc) is 3.12. The number of halogens is 2. The van der Waals surface area contributed by atoms with Gasteiger partial charge in [0.1, 0.15) is 17.3 Å². The Bertz CT molecular complexity index is 537. The van der Waals surface area contributed by atoms with Crippen molar-refractivity contribution in [3.63, 3.8) is 0 Å². The quantitative estimate of drug-likeness (QED) is 0.866. The van der Waals surface area contributed by atoms with E-state index in [0.717, 1.165) is 12.8 Å². The lowest BCUT2D eigenvalue weighted by atomic mass is 10.1. The molecule has 0 bridgehead atoms. The minimum Gasteiger partial charge on any atom is -0.369 e. The molecule has 2 fully saturated rings. The molecule has 1 saturated heterocycles. The lowest BCUT2D eigenvalue weighted by Gasteiger charge is -2.20. The van der Waals surface area contributed by atoms with Gasteiger partial charge in [-0.3, -0.25) is 4.79 Å². The molecule has 1 saturated carbocycles. The predicted molar refractivity (Wildman–Crippen MR) is 75.7 cm³/mol. The summed E-state index contributed by atoms with van der Waals surface area (Å²) >= 11 is 0. The van der Waals surface area contributed by atoms with E-state index < -0.39 is 17.5 Å². The van der Waals surface area contributed by atoms with Crippen LogP contribution in [0.25, 0.3) is 0 Å². The van der Waals surface area contributed by atoms with Gasteiger partial charge in [0.05, 0.1) is 5.92 Å². The maximum Gasteiger partial charge on any atom is 0.222 e. The third-order valence-electron chi connectivity index (χ3n) is 4.16. The van der Waals surface area contributed by atoms with Gasteiger partial charge in [-0.2, -0.15) is 0 Å². The Balaban J connectivity index is 1.74. The zero-order chi connectivity index (χ0) is 15.0. The third kappa shape index (κ3) is 3.15. The summed E-state index contributed by atoms with van der Waals surface area (Å²) in [6.07, 6.45) is 2.80. The molecule has 3 rings (SSSR count). The van der Waals surface area contributed by atoms with Gasteiger partial charge in [0.2, 0.25) is 5.91 Å². The summed E-state index contributed by atoms with van der Waals surface area (Å²) < 4.78 is 28.4. The normalized spacial score (nSPS) is 21.8. The summed E-state index contributed by atoms with van der Waals surface area (Å²) in [5.74, 6) is -1.90. The number of hydrogen-bond donors (Lipinski definition) is 2. The van der Waals surface area contributed by atoms with E-state index >= 15 is 0 Å². The second kappa shape index (κ2) is 5.60. The van der Waals surface area contributed by atoms with E-state index in [4.69, 9.17) is 5.73 Å². The van der Waals surface area contributed by atoms with Crippen molar-refractivity contribution in [2.24, 2.45) is 11.7 Å². The first-order valence-corrected chi connectivity index (χ1v) is 7.30. The van der Waals surface area contributed by atoms with E-state index in [2.05, 4.69) is 5.32 Å². The predicted octanol–water partition coefficient (Wildman–Crippen LogP) is 1.53. The van der Waals surface area contributed by atoms with Crippen LogP contribution in [0.1, 0.15) is 24.8 Å². The molecule has 114 valence electrons. The van der Waals surface area contributed by atoms with Gasteiger partial charge in [-0.05, 0) is 37.0 Å². The molecule has 2 aliphatic rings. The molecule has 1 aliphatic heterocycles. The highest BCUT2D eigenvalue weighted by Gasteiger charge is 2.30. The molecule has 1 heterocycles. The Kier molecular flexibility index (Phi) is 3.80. The van der Waals surface area contributed by atoms with Crippen LogP contribution in [0.2, 0.25) is 0 Å². The maximum absolute atomic E-state index is 14.2. The number of carbonyl (C=O) groups is 1. The van der Waals surface area contributed by atoms with Crippen LogP contribution in [0.3, 0.4) is 0 Å².